The Morgan fingerprint density at radius 1 is 0.864 bits per heavy atom. The van der Waals surface area contributed by atoms with Crippen LogP contribution < -0.4 is 10.3 Å². The Bertz CT molecular complexity index is 784. The van der Waals surface area contributed by atoms with E-state index >= 15 is 0 Å². The van der Waals surface area contributed by atoms with Crippen molar-refractivity contribution in [1.29, 1.82) is 0 Å². The van der Waals surface area contributed by atoms with Crippen LogP contribution in [-0.4, -0.2) is 20.3 Å². The second-order valence-corrected chi connectivity index (χ2v) is 5.38. The van der Waals surface area contributed by atoms with E-state index in [0.29, 0.717) is 0 Å². The van der Waals surface area contributed by atoms with E-state index in [9.17, 15) is 0 Å². The zero-order valence-corrected chi connectivity index (χ0v) is 12.8. The summed E-state index contributed by atoms with van der Waals surface area (Å²) in [5, 5.41) is 6.73. The number of anilines is 2. The van der Waals surface area contributed by atoms with Crippen LogP contribution in [0.2, 0.25) is 0 Å². The lowest BCUT2D eigenvalue weighted by atomic mass is 10.1. The third-order valence-electron chi connectivity index (χ3n) is 3.60. The summed E-state index contributed by atoms with van der Waals surface area (Å²) < 4.78 is 0. The molecule has 0 radical (unpaired) electrons. The second kappa shape index (κ2) is 6.31. The maximum atomic E-state index is 4.35. The van der Waals surface area contributed by atoms with Gasteiger partial charge in [0.2, 0.25) is 0 Å². The largest absolute Gasteiger partial charge is 0.378 e. The summed E-state index contributed by atoms with van der Waals surface area (Å²) in [6, 6.07) is 22.7. The summed E-state index contributed by atoms with van der Waals surface area (Å²) in [5.41, 5.74) is 6.39. The van der Waals surface area contributed by atoms with Crippen LogP contribution in [0.1, 0.15) is 5.56 Å². The molecule has 1 N–H and O–H groups in total. The third kappa shape index (κ3) is 3.09. The minimum absolute atomic E-state index is 1.01. The molecule has 3 aromatic rings. The topological polar surface area (TPSA) is 27.6 Å². The van der Waals surface area contributed by atoms with Crippen molar-refractivity contribution in [3.63, 3.8) is 0 Å². The van der Waals surface area contributed by atoms with E-state index < -0.39 is 0 Å². The van der Waals surface area contributed by atoms with E-state index in [0.717, 1.165) is 11.3 Å². The minimum Gasteiger partial charge on any atom is -0.378 e. The standard InChI is InChI=1S/C19H19N3/c1-22(2)17-12-10-15(11-13-17)14-20-21-19-9-5-7-16-6-3-4-8-18(16)19/h3-14,21H,1-2H3. The molecule has 0 unspecified atom stereocenters. The van der Waals surface area contributed by atoms with Crippen LogP contribution in [0.15, 0.2) is 71.8 Å². The van der Waals surface area contributed by atoms with Crippen LogP contribution in [0, 0.1) is 0 Å². The quantitative estimate of drug-likeness (QED) is 0.571. The van der Waals surface area contributed by atoms with Crippen molar-refractivity contribution in [2.24, 2.45) is 5.10 Å². The normalized spacial score (nSPS) is 11.0. The Hall–Kier alpha value is -2.81. The van der Waals surface area contributed by atoms with E-state index in [1.54, 1.807) is 0 Å². The highest BCUT2D eigenvalue weighted by atomic mass is 15.3. The molecule has 0 fully saturated rings. The number of benzene rings is 3. The Balaban J connectivity index is 1.76. The summed E-state index contributed by atoms with van der Waals surface area (Å²) in [6.45, 7) is 0. The fourth-order valence-corrected chi connectivity index (χ4v) is 2.36. The lowest BCUT2D eigenvalue weighted by Crippen LogP contribution is -2.08. The predicted octanol–water partition coefficient (Wildman–Crippen LogP) is 4.35. The SMILES string of the molecule is CN(C)c1ccc(C=NNc2cccc3ccccc23)cc1. The average Bonchev–Trinajstić information content (AvgIpc) is 2.55. The van der Waals surface area contributed by atoms with Gasteiger partial charge in [0.05, 0.1) is 11.9 Å². The summed E-state index contributed by atoms with van der Waals surface area (Å²) >= 11 is 0. The highest BCUT2D eigenvalue weighted by Gasteiger charge is 1.98. The first kappa shape index (κ1) is 14.1. The minimum atomic E-state index is 1.01. The summed E-state index contributed by atoms with van der Waals surface area (Å²) in [7, 11) is 4.07. The highest BCUT2D eigenvalue weighted by Crippen LogP contribution is 2.22. The molecule has 0 atom stereocenters. The molecule has 110 valence electrons. The molecule has 0 bridgehead atoms. The second-order valence-electron chi connectivity index (χ2n) is 5.38. The van der Waals surface area contributed by atoms with Crippen molar-refractivity contribution < 1.29 is 0 Å². The van der Waals surface area contributed by atoms with Crippen LogP contribution in [0.5, 0.6) is 0 Å². The molecule has 0 heterocycles. The molecule has 0 saturated heterocycles. The maximum Gasteiger partial charge on any atom is 0.0640 e. The Labute approximate surface area is 130 Å². The van der Waals surface area contributed by atoms with E-state index in [1.165, 1.54) is 16.5 Å². The van der Waals surface area contributed by atoms with Gasteiger partial charge in [-0.3, -0.25) is 5.43 Å². The lowest BCUT2D eigenvalue weighted by molar-refractivity contribution is 1.13. The smallest absolute Gasteiger partial charge is 0.0640 e. The van der Waals surface area contributed by atoms with Crippen LogP contribution >= 0.6 is 0 Å². The van der Waals surface area contributed by atoms with Gasteiger partial charge < -0.3 is 4.90 Å². The molecule has 3 aromatic carbocycles. The van der Waals surface area contributed by atoms with Gasteiger partial charge in [0.25, 0.3) is 0 Å². The molecule has 0 aliphatic heterocycles. The maximum absolute atomic E-state index is 4.35. The van der Waals surface area contributed by atoms with Gasteiger partial charge >= 0.3 is 0 Å². The molecule has 3 heteroatoms. The summed E-state index contributed by atoms with van der Waals surface area (Å²) in [5.74, 6) is 0. The molecule has 0 saturated carbocycles. The van der Waals surface area contributed by atoms with Crippen molar-refractivity contribution in [2.75, 3.05) is 24.4 Å². The number of hydrogen-bond acceptors (Lipinski definition) is 3. The van der Waals surface area contributed by atoms with Gasteiger partial charge in [-0.2, -0.15) is 5.10 Å². The zero-order valence-electron chi connectivity index (χ0n) is 12.8. The van der Waals surface area contributed by atoms with Gasteiger partial charge in [-0.25, -0.2) is 0 Å². The monoisotopic (exact) mass is 289 g/mol. The molecular weight excluding hydrogens is 270 g/mol. The van der Waals surface area contributed by atoms with Crippen LogP contribution in [0.25, 0.3) is 10.8 Å². The molecule has 3 nitrogen and oxygen atoms in total. The van der Waals surface area contributed by atoms with Crippen LogP contribution in [0.3, 0.4) is 0 Å². The fourth-order valence-electron chi connectivity index (χ4n) is 2.36. The van der Waals surface area contributed by atoms with Crippen LogP contribution in [0.4, 0.5) is 11.4 Å². The first-order chi connectivity index (χ1) is 10.7. The summed E-state index contributed by atoms with van der Waals surface area (Å²) in [4.78, 5) is 2.08. The zero-order chi connectivity index (χ0) is 15.4. The van der Waals surface area contributed by atoms with E-state index in [1.807, 2.05) is 44.6 Å². The molecular formula is C19H19N3. The molecule has 0 aliphatic carbocycles. The number of nitrogens with zero attached hydrogens (tertiary/aromatic N) is 2. The van der Waals surface area contributed by atoms with Gasteiger partial charge in [-0.15, -0.1) is 0 Å². The molecule has 0 spiro atoms. The highest BCUT2D eigenvalue weighted by molar-refractivity contribution is 5.94. The third-order valence-corrected chi connectivity index (χ3v) is 3.60. The lowest BCUT2D eigenvalue weighted by Gasteiger charge is -2.11. The van der Waals surface area contributed by atoms with Gasteiger partial charge in [-0.05, 0) is 29.1 Å². The Morgan fingerprint density at radius 2 is 1.59 bits per heavy atom. The first-order valence-electron chi connectivity index (χ1n) is 7.28. The van der Waals surface area contributed by atoms with Gasteiger partial charge in [0.15, 0.2) is 0 Å². The van der Waals surface area contributed by atoms with Crippen LogP contribution in [-0.2, 0) is 0 Å². The number of hydrogen-bond donors (Lipinski definition) is 1. The van der Waals surface area contributed by atoms with E-state index in [-0.39, 0.29) is 0 Å². The molecule has 0 aromatic heterocycles. The molecule has 0 aliphatic rings. The number of fused-ring (bicyclic) bond motifs is 1. The average molecular weight is 289 g/mol. The summed E-state index contributed by atoms with van der Waals surface area (Å²) in [6.07, 6.45) is 1.83. The van der Waals surface area contributed by atoms with Gasteiger partial charge in [0.1, 0.15) is 0 Å². The first-order valence-corrected chi connectivity index (χ1v) is 7.28. The van der Waals surface area contributed by atoms with E-state index in [2.05, 4.69) is 57.9 Å². The number of rotatable bonds is 4. The molecule has 3 rings (SSSR count). The van der Waals surface area contributed by atoms with Gasteiger partial charge in [0, 0.05) is 25.2 Å². The van der Waals surface area contributed by atoms with Crippen molar-refractivity contribution in [1.82, 2.24) is 0 Å². The fraction of sp³-hybridized carbons (Fsp3) is 0.105. The molecule has 0 amide bonds. The number of hydrazone groups is 1. The predicted molar refractivity (Wildman–Crippen MR) is 95.9 cm³/mol. The Kier molecular flexibility index (Phi) is 4.05. The van der Waals surface area contributed by atoms with Crippen molar-refractivity contribution in [2.45, 2.75) is 0 Å². The number of nitrogens with one attached hydrogen (secondary N) is 1. The van der Waals surface area contributed by atoms with Crippen molar-refractivity contribution >= 4 is 28.4 Å². The molecule has 22 heavy (non-hydrogen) atoms. The van der Waals surface area contributed by atoms with Gasteiger partial charge in [-0.1, -0.05) is 48.5 Å². The van der Waals surface area contributed by atoms with Crippen molar-refractivity contribution in [3.8, 4) is 0 Å². The Morgan fingerprint density at radius 3 is 2.36 bits per heavy atom. The van der Waals surface area contributed by atoms with Crippen molar-refractivity contribution in [3.05, 3.63) is 72.3 Å². The van der Waals surface area contributed by atoms with E-state index in [4.69, 9.17) is 0 Å².